The van der Waals surface area contributed by atoms with Crippen molar-refractivity contribution in [1.29, 1.82) is 0 Å². The van der Waals surface area contributed by atoms with Gasteiger partial charge in [0.05, 0.1) is 5.69 Å². The summed E-state index contributed by atoms with van der Waals surface area (Å²) in [4.78, 5) is 18.5. The molecule has 5 atom stereocenters. The van der Waals surface area contributed by atoms with Gasteiger partial charge in [0.1, 0.15) is 5.82 Å². The summed E-state index contributed by atoms with van der Waals surface area (Å²) in [5, 5.41) is 15.6. The van der Waals surface area contributed by atoms with Crippen molar-refractivity contribution in [3.05, 3.63) is 70.6 Å². The van der Waals surface area contributed by atoms with E-state index in [1.54, 1.807) is 12.3 Å². The molecule has 8 heteroatoms. The van der Waals surface area contributed by atoms with Crippen LogP contribution in [0.1, 0.15) is 31.4 Å². The van der Waals surface area contributed by atoms with Crippen LogP contribution in [0.15, 0.2) is 53.8 Å². The second-order valence-electron chi connectivity index (χ2n) is 8.31. The van der Waals surface area contributed by atoms with Crippen molar-refractivity contribution in [3.8, 4) is 11.1 Å². The molecule has 2 N–H and O–H groups in total. The zero-order chi connectivity index (χ0) is 21.8. The maximum Gasteiger partial charge on any atom is 0.404 e. The van der Waals surface area contributed by atoms with E-state index in [-0.39, 0.29) is 23.8 Å². The Morgan fingerprint density at radius 3 is 2.84 bits per heavy atom. The Kier molecular flexibility index (Phi) is 6.18. The minimum atomic E-state index is -0.989. The van der Waals surface area contributed by atoms with E-state index in [2.05, 4.69) is 26.4 Å². The van der Waals surface area contributed by atoms with Crippen LogP contribution in [0.5, 0.6) is 0 Å². The lowest BCUT2D eigenvalue weighted by Gasteiger charge is -2.33. The number of benzene rings is 1. The molecule has 1 aromatic carbocycles. The number of nitrogens with zero attached hydrogens (tertiary/aromatic N) is 4. The fourth-order valence-corrected chi connectivity index (χ4v) is 5.14. The van der Waals surface area contributed by atoms with Gasteiger partial charge in [-0.3, -0.25) is 4.98 Å². The zero-order valence-corrected chi connectivity index (χ0v) is 16.9. The number of amides is 1. The Balaban J connectivity index is 1.48. The Bertz CT molecular complexity index is 1020. The number of halogens is 1. The summed E-state index contributed by atoms with van der Waals surface area (Å²) in [5.74, 6) is 0.523. The number of aromatic nitrogens is 1. The van der Waals surface area contributed by atoms with Crippen molar-refractivity contribution in [2.75, 3.05) is 0 Å². The van der Waals surface area contributed by atoms with Gasteiger partial charge in [-0.05, 0) is 78.8 Å². The first-order valence-electron chi connectivity index (χ1n) is 10.5. The maximum atomic E-state index is 13.4. The second kappa shape index (κ2) is 9.18. The second-order valence-corrected chi connectivity index (χ2v) is 8.31. The Morgan fingerprint density at radius 2 is 2.13 bits per heavy atom. The number of pyridine rings is 1. The summed E-state index contributed by atoms with van der Waals surface area (Å²) in [6, 6.07) is 10.0. The monoisotopic (exact) mass is 421 g/mol. The molecule has 4 rings (SSSR count). The minimum absolute atomic E-state index is 0.0368. The van der Waals surface area contributed by atoms with Gasteiger partial charge < -0.3 is 10.4 Å². The maximum absolute atomic E-state index is 13.4. The Hall–Kier alpha value is -3.38. The number of carbonyl (C=O) groups is 1. The molecule has 31 heavy (non-hydrogen) atoms. The smallest absolute Gasteiger partial charge is 0.404 e. The highest BCUT2D eigenvalue weighted by molar-refractivity contribution is 5.65. The molecular weight excluding hydrogens is 397 g/mol. The van der Waals surface area contributed by atoms with E-state index in [0.29, 0.717) is 11.8 Å². The topological polar surface area (TPSA) is 111 Å². The first-order valence-corrected chi connectivity index (χ1v) is 10.5. The molecule has 0 saturated heterocycles. The molecule has 2 fully saturated rings. The van der Waals surface area contributed by atoms with E-state index in [4.69, 9.17) is 10.6 Å². The molecule has 0 bridgehead atoms. The summed E-state index contributed by atoms with van der Waals surface area (Å²) < 4.78 is 13.4. The van der Waals surface area contributed by atoms with Crippen LogP contribution >= 0.6 is 0 Å². The number of carboxylic acid groups (broad SMARTS) is 1. The highest BCUT2D eigenvalue weighted by atomic mass is 19.1. The number of hydrogen-bond donors (Lipinski definition) is 2. The van der Waals surface area contributed by atoms with Crippen LogP contribution in [0.4, 0.5) is 9.18 Å². The fourth-order valence-electron chi connectivity index (χ4n) is 5.14. The standard InChI is InChI=1S/C23H24FN5O2/c24-17-3-1-2-14(10-17)15-4-5-18(26-13-15)6-9-21-20-8-7-19(27-23(30)31)11-16(20)12-22(21)28-29-25/h1-6,9-10,13,16,19-22,27H,7-8,11-12H2,(H,30,31)/t16-,19?,20+,21-,22+/m0/s1. The zero-order valence-electron chi connectivity index (χ0n) is 16.9. The van der Waals surface area contributed by atoms with Crippen LogP contribution in [-0.4, -0.2) is 28.3 Å². The number of hydrogen-bond acceptors (Lipinski definition) is 3. The molecule has 2 aliphatic rings. The lowest BCUT2D eigenvalue weighted by atomic mass is 9.75. The van der Waals surface area contributed by atoms with Crippen LogP contribution in [0.2, 0.25) is 0 Å². The molecule has 1 aromatic heterocycles. The lowest BCUT2D eigenvalue weighted by molar-refractivity contribution is 0.169. The third kappa shape index (κ3) is 4.86. The summed E-state index contributed by atoms with van der Waals surface area (Å²) in [6.45, 7) is 0. The minimum Gasteiger partial charge on any atom is -0.465 e. The van der Waals surface area contributed by atoms with Crippen molar-refractivity contribution in [2.45, 2.75) is 37.8 Å². The molecule has 2 aliphatic carbocycles. The average Bonchev–Trinajstić information content (AvgIpc) is 3.09. The van der Waals surface area contributed by atoms with E-state index in [1.807, 2.05) is 24.3 Å². The molecule has 0 spiro atoms. The normalized spacial score (nSPS) is 27.5. The summed E-state index contributed by atoms with van der Waals surface area (Å²) >= 11 is 0. The Morgan fingerprint density at radius 1 is 1.26 bits per heavy atom. The highest BCUT2D eigenvalue weighted by Crippen LogP contribution is 2.48. The third-order valence-electron chi connectivity index (χ3n) is 6.49. The number of rotatable bonds is 5. The van der Waals surface area contributed by atoms with Crippen LogP contribution < -0.4 is 5.32 Å². The van der Waals surface area contributed by atoms with Gasteiger partial charge in [0.25, 0.3) is 0 Å². The molecule has 0 radical (unpaired) electrons. The van der Waals surface area contributed by atoms with Crippen LogP contribution in [0.3, 0.4) is 0 Å². The number of fused-ring (bicyclic) bond motifs is 1. The molecule has 1 heterocycles. The van der Waals surface area contributed by atoms with E-state index in [9.17, 15) is 9.18 Å². The van der Waals surface area contributed by atoms with E-state index in [0.717, 1.165) is 42.5 Å². The molecule has 7 nitrogen and oxygen atoms in total. The SMILES string of the molecule is [N-]=[N+]=N[C@@H]1C[C@@H]2CC(NC(=O)O)CC[C@H]2[C@@H]1C=Cc1ccc(-c2cccc(F)c2)cn1. The van der Waals surface area contributed by atoms with E-state index < -0.39 is 6.09 Å². The van der Waals surface area contributed by atoms with Crippen LogP contribution in [-0.2, 0) is 0 Å². The molecule has 1 unspecified atom stereocenters. The summed E-state index contributed by atoms with van der Waals surface area (Å²) in [7, 11) is 0. The average molecular weight is 421 g/mol. The van der Waals surface area contributed by atoms with Crippen molar-refractivity contribution in [3.63, 3.8) is 0 Å². The summed E-state index contributed by atoms with van der Waals surface area (Å²) in [6.07, 6.45) is 8.00. The quantitative estimate of drug-likeness (QED) is 0.369. The Labute approximate surface area is 179 Å². The van der Waals surface area contributed by atoms with Gasteiger partial charge >= 0.3 is 6.09 Å². The van der Waals surface area contributed by atoms with Crippen LogP contribution in [0, 0.1) is 23.6 Å². The van der Waals surface area contributed by atoms with Crippen LogP contribution in [0.25, 0.3) is 27.6 Å². The highest BCUT2D eigenvalue weighted by Gasteiger charge is 2.44. The first kappa shape index (κ1) is 20.9. The van der Waals surface area contributed by atoms with Gasteiger partial charge in [0.2, 0.25) is 0 Å². The van der Waals surface area contributed by atoms with Gasteiger partial charge in [-0.1, -0.05) is 29.4 Å². The molecular formula is C23H24FN5O2. The van der Waals surface area contributed by atoms with Crippen molar-refractivity contribution < 1.29 is 14.3 Å². The van der Waals surface area contributed by atoms with E-state index >= 15 is 0 Å². The van der Waals surface area contributed by atoms with Crippen molar-refractivity contribution in [1.82, 2.24) is 10.3 Å². The third-order valence-corrected chi connectivity index (χ3v) is 6.49. The largest absolute Gasteiger partial charge is 0.465 e. The summed E-state index contributed by atoms with van der Waals surface area (Å²) in [5.41, 5.74) is 11.4. The lowest BCUT2D eigenvalue weighted by Crippen LogP contribution is -2.39. The fraction of sp³-hybridized carbons (Fsp3) is 0.391. The van der Waals surface area contributed by atoms with Crippen molar-refractivity contribution >= 4 is 12.2 Å². The molecule has 1 amide bonds. The molecule has 2 saturated carbocycles. The van der Waals surface area contributed by atoms with Gasteiger partial charge in [0.15, 0.2) is 0 Å². The molecule has 2 aromatic rings. The van der Waals surface area contributed by atoms with Gasteiger partial charge in [-0.25, -0.2) is 9.18 Å². The van der Waals surface area contributed by atoms with E-state index in [1.165, 1.54) is 12.1 Å². The van der Waals surface area contributed by atoms with Gasteiger partial charge in [-0.2, -0.15) is 0 Å². The molecule has 0 aliphatic heterocycles. The van der Waals surface area contributed by atoms with Gasteiger partial charge in [0, 0.05) is 28.8 Å². The van der Waals surface area contributed by atoms with Crippen molar-refractivity contribution in [2.24, 2.45) is 22.9 Å². The first-order chi connectivity index (χ1) is 15.0. The predicted octanol–water partition coefficient (Wildman–Crippen LogP) is 5.65. The number of nitrogens with one attached hydrogen (secondary N) is 1. The molecule has 160 valence electrons. The predicted molar refractivity (Wildman–Crippen MR) is 115 cm³/mol. The number of azide groups is 1. The van der Waals surface area contributed by atoms with Gasteiger partial charge in [-0.15, -0.1) is 0 Å².